The molecule has 3 aromatic carbocycles. The molecule has 1 amide bonds. The standard InChI is InChI=1S/C32H36N2O3S/c1-2-18-32(29-14-7-5-12-27(29)28-13-6-8-15-30(28)32)38(36,37)22-9-19-33-20-16-25(17-21-33)34-23-24-10-3-4-11-26(24)31(34)35/h3-8,10-15,25H,2,9,16-23H2,1H3. The van der Waals surface area contributed by atoms with Gasteiger partial charge in [-0.05, 0) is 66.1 Å². The lowest BCUT2D eigenvalue weighted by molar-refractivity contribution is 0.0597. The summed E-state index contributed by atoms with van der Waals surface area (Å²) >= 11 is 0. The molecule has 5 nitrogen and oxygen atoms in total. The summed E-state index contributed by atoms with van der Waals surface area (Å²) in [6.45, 7) is 5.35. The fraction of sp³-hybridized carbons (Fsp3) is 0.406. The Labute approximate surface area is 226 Å². The van der Waals surface area contributed by atoms with E-state index < -0.39 is 14.6 Å². The Morgan fingerprint density at radius 3 is 2.03 bits per heavy atom. The van der Waals surface area contributed by atoms with Crippen LogP contribution in [-0.2, 0) is 21.1 Å². The Kier molecular flexibility index (Phi) is 6.65. The zero-order valence-electron chi connectivity index (χ0n) is 22.1. The van der Waals surface area contributed by atoms with Crippen LogP contribution >= 0.6 is 0 Å². The minimum atomic E-state index is -3.45. The van der Waals surface area contributed by atoms with Crippen LogP contribution in [0.3, 0.4) is 0 Å². The molecule has 0 bridgehead atoms. The van der Waals surface area contributed by atoms with E-state index in [-0.39, 0.29) is 17.7 Å². The lowest BCUT2D eigenvalue weighted by atomic mass is 9.91. The highest BCUT2D eigenvalue weighted by atomic mass is 32.2. The van der Waals surface area contributed by atoms with Crippen LogP contribution in [0.2, 0.25) is 0 Å². The highest BCUT2D eigenvalue weighted by molar-refractivity contribution is 7.92. The summed E-state index contributed by atoms with van der Waals surface area (Å²) in [5, 5.41) is 0. The smallest absolute Gasteiger partial charge is 0.254 e. The summed E-state index contributed by atoms with van der Waals surface area (Å²) in [6.07, 6.45) is 3.90. The number of nitrogens with zero attached hydrogens (tertiary/aromatic N) is 2. The summed E-state index contributed by atoms with van der Waals surface area (Å²) in [6, 6.07) is 24.3. The fourth-order valence-corrected chi connectivity index (χ4v) is 9.47. The highest BCUT2D eigenvalue weighted by Crippen LogP contribution is 2.54. The molecular weight excluding hydrogens is 492 g/mol. The largest absolute Gasteiger partial charge is 0.331 e. The van der Waals surface area contributed by atoms with E-state index in [1.165, 1.54) is 0 Å². The summed E-state index contributed by atoms with van der Waals surface area (Å²) < 4.78 is 27.5. The Morgan fingerprint density at radius 1 is 0.842 bits per heavy atom. The van der Waals surface area contributed by atoms with Crippen LogP contribution in [0.15, 0.2) is 72.8 Å². The molecule has 1 aliphatic carbocycles. The number of hydrogen-bond acceptors (Lipinski definition) is 4. The number of amides is 1. The topological polar surface area (TPSA) is 57.7 Å². The third-order valence-corrected chi connectivity index (χ3v) is 11.4. The van der Waals surface area contributed by atoms with Crippen molar-refractivity contribution in [1.82, 2.24) is 9.80 Å². The second kappa shape index (κ2) is 9.97. The van der Waals surface area contributed by atoms with Gasteiger partial charge in [-0.25, -0.2) is 8.42 Å². The van der Waals surface area contributed by atoms with Gasteiger partial charge in [0.15, 0.2) is 9.84 Å². The van der Waals surface area contributed by atoms with Crippen molar-refractivity contribution in [2.45, 2.75) is 56.4 Å². The number of fused-ring (bicyclic) bond motifs is 4. The highest BCUT2D eigenvalue weighted by Gasteiger charge is 2.51. The first kappa shape index (κ1) is 25.3. The molecule has 198 valence electrons. The van der Waals surface area contributed by atoms with Crippen molar-refractivity contribution in [3.63, 3.8) is 0 Å². The van der Waals surface area contributed by atoms with Crippen molar-refractivity contribution < 1.29 is 13.2 Å². The summed E-state index contributed by atoms with van der Waals surface area (Å²) in [4.78, 5) is 17.3. The molecule has 1 fully saturated rings. The third-order valence-electron chi connectivity index (χ3n) is 8.88. The van der Waals surface area contributed by atoms with Gasteiger partial charge in [-0.1, -0.05) is 80.1 Å². The van der Waals surface area contributed by atoms with E-state index in [0.717, 1.165) is 72.3 Å². The maximum atomic E-state index is 14.2. The predicted octanol–water partition coefficient (Wildman–Crippen LogP) is 5.64. The Balaban J connectivity index is 1.12. The van der Waals surface area contributed by atoms with Crippen LogP contribution in [0.4, 0.5) is 0 Å². The molecule has 6 rings (SSSR count). The van der Waals surface area contributed by atoms with Gasteiger partial charge in [0.25, 0.3) is 5.91 Å². The number of carbonyl (C=O) groups is 1. The van der Waals surface area contributed by atoms with Gasteiger partial charge in [0.2, 0.25) is 0 Å². The molecule has 2 heterocycles. The van der Waals surface area contributed by atoms with Gasteiger partial charge >= 0.3 is 0 Å². The zero-order chi connectivity index (χ0) is 26.3. The van der Waals surface area contributed by atoms with Crippen molar-refractivity contribution in [3.05, 3.63) is 95.1 Å². The number of piperidine rings is 1. The molecule has 2 aliphatic heterocycles. The van der Waals surface area contributed by atoms with Crippen molar-refractivity contribution >= 4 is 15.7 Å². The Hall–Kier alpha value is -2.96. The first-order chi connectivity index (χ1) is 18.5. The minimum Gasteiger partial charge on any atom is -0.331 e. The summed E-state index contributed by atoms with van der Waals surface area (Å²) in [7, 11) is -3.45. The van der Waals surface area contributed by atoms with E-state index in [0.29, 0.717) is 19.4 Å². The molecule has 3 aromatic rings. The van der Waals surface area contributed by atoms with Gasteiger partial charge in [0.1, 0.15) is 4.75 Å². The van der Waals surface area contributed by atoms with Gasteiger partial charge in [0, 0.05) is 31.2 Å². The second-order valence-electron chi connectivity index (χ2n) is 11.0. The van der Waals surface area contributed by atoms with E-state index in [1.54, 1.807) is 0 Å². The molecule has 0 saturated carbocycles. The normalized spacial score (nSPS) is 18.9. The van der Waals surface area contributed by atoms with Crippen LogP contribution < -0.4 is 0 Å². The number of carbonyl (C=O) groups excluding carboxylic acids is 1. The third kappa shape index (κ3) is 4.00. The Bertz CT molecular complexity index is 1410. The van der Waals surface area contributed by atoms with Gasteiger partial charge in [-0.3, -0.25) is 4.79 Å². The van der Waals surface area contributed by atoms with E-state index in [1.807, 2.05) is 59.5 Å². The van der Waals surface area contributed by atoms with Crippen molar-refractivity contribution in [3.8, 4) is 11.1 Å². The maximum Gasteiger partial charge on any atom is 0.254 e. The van der Waals surface area contributed by atoms with Gasteiger partial charge in [-0.2, -0.15) is 0 Å². The number of sulfone groups is 1. The number of benzene rings is 3. The zero-order valence-corrected chi connectivity index (χ0v) is 22.9. The SMILES string of the molecule is CCCC1(S(=O)(=O)CCCN2CCC(N3Cc4ccccc4C3=O)CC2)c2ccccc2-c2ccccc21. The number of rotatable bonds is 8. The second-order valence-corrected chi connectivity index (χ2v) is 13.3. The first-order valence-electron chi connectivity index (χ1n) is 14.0. The molecule has 0 atom stereocenters. The quantitative estimate of drug-likeness (QED) is 0.380. The number of likely N-dealkylation sites (tertiary alicyclic amines) is 1. The van der Waals surface area contributed by atoms with Gasteiger partial charge in [0.05, 0.1) is 5.75 Å². The predicted molar refractivity (Wildman–Crippen MR) is 152 cm³/mol. The average molecular weight is 529 g/mol. The Morgan fingerprint density at radius 2 is 1.42 bits per heavy atom. The van der Waals surface area contributed by atoms with Crippen LogP contribution in [0.25, 0.3) is 11.1 Å². The number of hydrogen-bond donors (Lipinski definition) is 0. The summed E-state index contributed by atoms with van der Waals surface area (Å²) in [5.74, 6) is 0.332. The molecule has 0 N–H and O–H groups in total. The molecule has 6 heteroatoms. The van der Waals surface area contributed by atoms with E-state index in [9.17, 15) is 13.2 Å². The van der Waals surface area contributed by atoms with E-state index >= 15 is 0 Å². The molecule has 0 radical (unpaired) electrons. The van der Waals surface area contributed by atoms with Gasteiger partial charge < -0.3 is 9.80 Å². The average Bonchev–Trinajstić information content (AvgIpc) is 3.43. The molecule has 0 unspecified atom stereocenters. The van der Waals surface area contributed by atoms with Gasteiger partial charge in [-0.15, -0.1) is 0 Å². The van der Waals surface area contributed by atoms with Crippen LogP contribution in [0, 0.1) is 0 Å². The van der Waals surface area contributed by atoms with Crippen LogP contribution in [0.5, 0.6) is 0 Å². The van der Waals surface area contributed by atoms with Crippen molar-refractivity contribution in [2.24, 2.45) is 0 Å². The molecule has 3 aliphatic rings. The van der Waals surface area contributed by atoms with E-state index in [4.69, 9.17) is 0 Å². The van der Waals surface area contributed by atoms with Crippen molar-refractivity contribution in [1.29, 1.82) is 0 Å². The van der Waals surface area contributed by atoms with Crippen LogP contribution in [-0.4, -0.2) is 55.6 Å². The lowest BCUT2D eigenvalue weighted by Gasteiger charge is -2.37. The fourth-order valence-electron chi connectivity index (χ4n) is 7.08. The lowest BCUT2D eigenvalue weighted by Crippen LogP contribution is -2.45. The molecule has 38 heavy (non-hydrogen) atoms. The molecule has 0 aromatic heterocycles. The van der Waals surface area contributed by atoms with E-state index in [2.05, 4.69) is 30.0 Å². The van der Waals surface area contributed by atoms with Crippen LogP contribution in [0.1, 0.15) is 66.1 Å². The molecule has 1 saturated heterocycles. The van der Waals surface area contributed by atoms with Crippen molar-refractivity contribution in [2.75, 3.05) is 25.4 Å². The maximum absolute atomic E-state index is 14.2. The monoisotopic (exact) mass is 528 g/mol. The minimum absolute atomic E-state index is 0.156. The molecular formula is C32H36N2O3S. The summed E-state index contributed by atoms with van der Waals surface area (Å²) in [5.41, 5.74) is 5.97. The molecule has 0 spiro atoms. The first-order valence-corrected chi connectivity index (χ1v) is 15.6.